The SMILES string of the molecule is CC(=O)c1c(-c2ccccc2)[nH]c2cc(C)ccc12. The lowest BCUT2D eigenvalue weighted by Gasteiger charge is -2.01. The lowest BCUT2D eigenvalue weighted by molar-refractivity contribution is 0.102. The molecule has 1 aromatic heterocycles. The Hall–Kier alpha value is -2.35. The fourth-order valence-corrected chi connectivity index (χ4v) is 2.50. The number of aromatic amines is 1. The Morgan fingerprint density at radius 3 is 2.47 bits per heavy atom. The summed E-state index contributed by atoms with van der Waals surface area (Å²) in [7, 11) is 0. The van der Waals surface area contributed by atoms with E-state index in [-0.39, 0.29) is 5.78 Å². The minimum absolute atomic E-state index is 0.0916. The minimum atomic E-state index is 0.0916. The highest BCUT2D eigenvalue weighted by Crippen LogP contribution is 2.31. The first kappa shape index (κ1) is 11.7. The number of aryl methyl sites for hydroxylation is 1. The van der Waals surface area contributed by atoms with Crippen LogP contribution in [0, 0.1) is 6.92 Å². The largest absolute Gasteiger partial charge is 0.354 e. The third-order valence-corrected chi connectivity index (χ3v) is 3.37. The Labute approximate surface area is 112 Å². The molecular weight excluding hydrogens is 234 g/mol. The molecule has 0 amide bonds. The van der Waals surface area contributed by atoms with Crippen molar-refractivity contribution in [1.82, 2.24) is 4.98 Å². The molecule has 0 fully saturated rings. The Balaban J connectivity index is 2.35. The first-order chi connectivity index (χ1) is 9.16. The summed E-state index contributed by atoms with van der Waals surface area (Å²) in [5, 5.41) is 0.997. The summed E-state index contributed by atoms with van der Waals surface area (Å²) >= 11 is 0. The van der Waals surface area contributed by atoms with Crippen LogP contribution in [0.15, 0.2) is 48.5 Å². The number of hydrogen-bond acceptors (Lipinski definition) is 1. The zero-order valence-electron chi connectivity index (χ0n) is 11.0. The molecule has 2 nitrogen and oxygen atoms in total. The van der Waals surface area contributed by atoms with Crippen LogP contribution in [0.1, 0.15) is 22.8 Å². The van der Waals surface area contributed by atoms with Crippen molar-refractivity contribution in [3.63, 3.8) is 0 Å². The van der Waals surface area contributed by atoms with Crippen molar-refractivity contribution in [2.24, 2.45) is 0 Å². The Morgan fingerprint density at radius 2 is 1.79 bits per heavy atom. The normalized spacial score (nSPS) is 10.8. The molecule has 0 saturated carbocycles. The van der Waals surface area contributed by atoms with Crippen LogP contribution in [0.5, 0.6) is 0 Å². The zero-order valence-corrected chi connectivity index (χ0v) is 11.0. The summed E-state index contributed by atoms with van der Waals surface area (Å²) in [5.74, 6) is 0.0916. The van der Waals surface area contributed by atoms with E-state index in [1.165, 1.54) is 5.56 Å². The number of fused-ring (bicyclic) bond motifs is 1. The molecule has 19 heavy (non-hydrogen) atoms. The molecule has 2 heteroatoms. The molecular formula is C17H15NO. The van der Waals surface area contributed by atoms with E-state index in [4.69, 9.17) is 0 Å². The van der Waals surface area contributed by atoms with Crippen molar-refractivity contribution in [3.8, 4) is 11.3 Å². The summed E-state index contributed by atoms with van der Waals surface area (Å²) in [6.07, 6.45) is 0. The molecule has 0 spiro atoms. The van der Waals surface area contributed by atoms with Gasteiger partial charge in [0.1, 0.15) is 0 Å². The highest BCUT2D eigenvalue weighted by atomic mass is 16.1. The molecule has 0 aliphatic rings. The number of carbonyl (C=O) groups excluding carboxylic acids is 1. The monoisotopic (exact) mass is 249 g/mol. The molecule has 3 aromatic rings. The standard InChI is InChI=1S/C17H15NO/c1-11-8-9-14-15(10-11)18-17(16(14)12(2)19)13-6-4-3-5-7-13/h3-10,18H,1-2H3. The van der Waals surface area contributed by atoms with Crippen molar-refractivity contribution >= 4 is 16.7 Å². The highest BCUT2D eigenvalue weighted by molar-refractivity contribution is 6.12. The van der Waals surface area contributed by atoms with Crippen molar-refractivity contribution in [3.05, 3.63) is 59.7 Å². The van der Waals surface area contributed by atoms with Gasteiger partial charge >= 0.3 is 0 Å². The molecule has 1 N–H and O–H groups in total. The number of nitrogens with one attached hydrogen (secondary N) is 1. The van der Waals surface area contributed by atoms with Gasteiger partial charge in [0.05, 0.1) is 11.3 Å². The molecule has 0 radical (unpaired) electrons. The predicted molar refractivity (Wildman–Crippen MR) is 78.5 cm³/mol. The third-order valence-electron chi connectivity index (χ3n) is 3.37. The van der Waals surface area contributed by atoms with E-state index in [1.54, 1.807) is 6.92 Å². The van der Waals surface area contributed by atoms with Gasteiger partial charge in [-0.15, -0.1) is 0 Å². The zero-order chi connectivity index (χ0) is 13.4. The van der Waals surface area contributed by atoms with E-state index < -0.39 is 0 Å². The fourth-order valence-electron chi connectivity index (χ4n) is 2.50. The number of ketones is 1. The van der Waals surface area contributed by atoms with Gasteiger partial charge in [0.2, 0.25) is 0 Å². The second kappa shape index (κ2) is 4.39. The number of hydrogen-bond donors (Lipinski definition) is 1. The quantitative estimate of drug-likeness (QED) is 0.673. The van der Waals surface area contributed by atoms with E-state index in [0.29, 0.717) is 0 Å². The van der Waals surface area contributed by atoms with Gasteiger partial charge in [0, 0.05) is 10.9 Å². The molecule has 0 aliphatic carbocycles. The maximum absolute atomic E-state index is 12.0. The van der Waals surface area contributed by atoms with Gasteiger partial charge in [-0.05, 0) is 31.0 Å². The second-order valence-corrected chi connectivity index (χ2v) is 4.85. The number of rotatable bonds is 2. The lowest BCUT2D eigenvalue weighted by atomic mass is 10.0. The van der Waals surface area contributed by atoms with E-state index in [2.05, 4.69) is 18.0 Å². The first-order valence-corrected chi connectivity index (χ1v) is 6.35. The molecule has 3 rings (SSSR count). The average Bonchev–Trinajstić information content (AvgIpc) is 2.78. The van der Waals surface area contributed by atoms with Gasteiger partial charge in [-0.1, -0.05) is 42.5 Å². The topological polar surface area (TPSA) is 32.9 Å². The van der Waals surface area contributed by atoms with Gasteiger partial charge in [-0.3, -0.25) is 4.79 Å². The van der Waals surface area contributed by atoms with Crippen LogP contribution >= 0.6 is 0 Å². The molecule has 0 unspecified atom stereocenters. The van der Waals surface area contributed by atoms with Crippen LogP contribution in [-0.2, 0) is 0 Å². The summed E-state index contributed by atoms with van der Waals surface area (Å²) in [6, 6.07) is 16.1. The van der Waals surface area contributed by atoms with Crippen LogP contribution in [-0.4, -0.2) is 10.8 Å². The average molecular weight is 249 g/mol. The molecule has 0 bridgehead atoms. The molecule has 94 valence electrons. The highest BCUT2D eigenvalue weighted by Gasteiger charge is 2.16. The fraction of sp³-hybridized carbons (Fsp3) is 0.118. The minimum Gasteiger partial charge on any atom is -0.354 e. The van der Waals surface area contributed by atoms with Gasteiger partial charge in [0.15, 0.2) is 5.78 Å². The first-order valence-electron chi connectivity index (χ1n) is 6.35. The van der Waals surface area contributed by atoms with E-state index >= 15 is 0 Å². The number of Topliss-reactive ketones (excluding diaryl/α,β-unsaturated/α-hetero) is 1. The van der Waals surface area contributed by atoms with Crippen LogP contribution in [0.4, 0.5) is 0 Å². The number of benzene rings is 2. The summed E-state index contributed by atoms with van der Waals surface area (Å²) in [5.41, 5.74) is 4.93. The summed E-state index contributed by atoms with van der Waals surface area (Å²) in [6.45, 7) is 3.67. The van der Waals surface area contributed by atoms with Crippen molar-refractivity contribution < 1.29 is 4.79 Å². The number of H-pyrrole nitrogens is 1. The maximum atomic E-state index is 12.0. The van der Waals surface area contributed by atoms with Gasteiger partial charge < -0.3 is 4.98 Å². The van der Waals surface area contributed by atoms with Crippen LogP contribution < -0.4 is 0 Å². The van der Waals surface area contributed by atoms with E-state index in [1.807, 2.05) is 42.5 Å². The third kappa shape index (κ3) is 1.95. The van der Waals surface area contributed by atoms with Crippen LogP contribution in [0.3, 0.4) is 0 Å². The molecule has 2 aromatic carbocycles. The second-order valence-electron chi connectivity index (χ2n) is 4.85. The van der Waals surface area contributed by atoms with Crippen LogP contribution in [0.25, 0.3) is 22.2 Å². The van der Waals surface area contributed by atoms with Crippen molar-refractivity contribution in [1.29, 1.82) is 0 Å². The Bertz CT molecular complexity index is 754. The van der Waals surface area contributed by atoms with E-state index in [9.17, 15) is 4.79 Å². The smallest absolute Gasteiger partial charge is 0.162 e. The summed E-state index contributed by atoms with van der Waals surface area (Å²) in [4.78, 5) is 15.4. The molecule has 1 heterocycles. The van der Waals surface area contributed by atoms with E-state index in [0.717, 1.165) is 27.7 Å². The Morgan fingerprint density at radius 1 is 1.05 bits per heavy atom. The van der Waals surface area contributed by atoms with Gasteiger partial charge in [0.25, 0.3) is 0 Å². The van der Waals surface area contributed by atoms with Gasteiger partial charge in [-0.2, -0.15) is 0 Å². The summed E-state index contributed by atoms with van der Waals surface area (Å²) < 4.78 is 0. The lowest BCUT2D eigenvalue weighted by Crippen LogP contribution is -1.93. The predicted octanol–water partition coefficient (Wildman–Crippen LogP) is 4.35. The maximum Gasteiger partial charge on any atom is 0.162 e. The van der Waals surface area contributed by atoms with Crippen LogP contribution in [0.2, 0.25) is 0 Å². The van der Waals surface area contributed by atoms with Crippen molar-refractivity contribution in [2.45, 2.75) is 13.8 Å². The Kier molecular flexibility index (Phi) is 2.71. The number of aromatic nitrogens is 1. The molecule has 0 atom stereocenters. The molecule has 0 aliphatic heterocycles. The van der Waals surface area contributed by atoms with Crippen molar-refractivity contribution in [2.75, 3.05) is 0 Å². The molecule has 0 saturated heterocycles. The van der Waals surface area contributed by atoms with Gasteiger partial charge in [-0.25, -0.2) is 0 Å². The number of carbonyl (C=O) groups is 1.